The van der Waals surface area contributed by atoms with Crippen LogP contribution in [0.4, 0.5) is 5.13 Å². The second-order valence-corrected chi connectivity index (χ2v) is 11.1. The van der Waals surface area contributed by atoms with Gasteiger partial charge in [0.25, 0.3) is 0 Å². The molecule has 0 aliphatic carbocycles. The van der Waals surface area contributed by atoms with Gasteiger partial charge in [-0.2, -0.15) is 0 Å². The minimum atomic E-state index is -0.174. The molecule has 0 bridgehead atoms. The molecule has 3 aromatic rings. The van der Waals surface area contributed by atoms with Gasteiger partial charge in [-0.1, -0.05) is 0 Å². The molecule has 1 aliphatic heterocycles. The topological polar surface area (TPSA) is 82.6 Å². The first-order valence-electron chi connectivity index (χ1n) is 10.6. The van der Waals surface area contributed by atoms with E-state index in [1.165, 1.54) is 16.9 Å². The predicted octanol–water partition coefficient (Wildman–Crippen LogP) is 4.12. The zero-order valence-electron chi connectivity index (χ0n) is 18.3. The first-order chi connectivity index (χ1) is 15.7. The van der Waals surface area contributed by atoms with Gasteiger partial charge in [0, 0.05) is 13.2 Å². The molecule has 1 N–H and O–H groups in total. The van der Waals surface area contributed by atoms with E-state index in [1.54, 1.807) is 26.5 Å². The Balaban J connectivity index is 1.53. The van der Waals surface area contributed by atoms with Crippen LogP contribution in [-0.2, 0) is 14.7 Å². The molecule has 4 rings (SSSR count). The number of hydrogen-bond donors (Lipinski definition) is 1. The van der Waals surface area contributed by atoms with Crippen molar-refractivity contribution in [3.63, 3.8) is 0 Å². The third kappa shape index (κ3) is 5.49. The van der Waals surface area contributed by atoms with Gasteiger partial charge >= 0.3 is 181 Å². The average molecular weight is 516 g/mol. The summed E-state index contributed by atoms with van der Waals surface area (Å²) in [5, 5.41) is 5.53. The van der Waals surface area contributed by atoms with Gasteiger partial charge in [0.1, 0.15) is 0 Å². The van der Waals surface area contributed by atoms with Crippen molar-refractivity contribution in [2.24, 2.45) is 0 Å². The third-order valence-corrected chi connectivity index (χ3v) is 8.66. The van der Waals surface area contributed by atoms with E-state index in [0.29, 0.717) is 16.6 Å². The number of methoxy groups -OCH3 is 2. The van der Waals surface area contributed by atoms with Crippen molar-refractivity contribution in [2.75, 3.05) is 39.4 Å². The molecule has 1 fully saturated rings. The summed E-state index contributed by atoms with van der Waals surface area (Å²) >= 11 is 1.63. The summed E-state index contributed by atoms with van der Waals surface area (Å²) in [7, 11) is 3.36. The van der Waals surface area contributed by atoms with Gasteiger partial charge in [0.15, 0.2) is 0 Å². The number of anilines is 1. The Morgan fingerprint density at radius 2 is 2.12 bits per heavy atom. The monoisotopic (exact) mass is 516 g/mol. The van der Waals surface area contributed by atoms with Crippen molar-refractivity contribution in [2.45, 2.75) is 29.2 Å². The maximum atomic E-state index is 12.9. The molecule has 2 aromatic heterocycles. The predicted molar refractivity (Wildman–Crippen MR) is 127 cm³/mol. The number of rotatable bonds is 9. The van der Waals surface area contributed by atoms with Crippen LogP contribution >= 0.6 is 11.3 Å². The third-order valence-electron chi connectivity index (χ3n) is 5.44. The maximum absolute atomic E-state index is 12.9. The van der Waals surface area contributed by atoms with Crippen LogP contribution in [0.1, 0.15) is 40.4 Å². The molecular formula is C23H27AsN3O4S. The van der Waals surface area contributed by atoms with Crippen LogP contribution in [0.25, 0.3) is 10.2 Å². The average Bonchev–Trinajstić information content (AvgIpc) is 3.25. The summed E-state index contributed by atoms with van der Waals surface area (Å²) in [4.78, 5) is 22.0. The Bertz CT molecular complexity index is 1070. The molecule has 3 heterocycles. The molecule has 0 spiro atoms. The van der Waals surface area contributed by atoms with Gasteiger partial charge in [-0.05, 0) is 0 Å². The molecule has 169 valence electrons. The molecule has 32 heavy (non-hydrogen) atoms. The van der Waals surface area contributed by atoms with Crippen LogP contribution < -0.4 is 10.1 Å². The van der Waals surface area contributed by atoms with Crippen molar-refractivity contribution >= 4 is 48.3 Å². The fourth-order valence-corrected chi connectivity index (χ4v) is 6.67. The number of nitrogens with one attached hydrogen (secondary N) is 1. The van der Waals surface area contributed by atoms with Crippen LogP contribution in [0.5, 0.6) is 5.75 Å². The Morgan fingerprint density at radius 3 is 2.91 bits per heavy atom. The van der Waals surface area contributed by atoms with Crippen molar-refractivity contribution < 1.29 is 19.0 Å². The Morgan fingerprint density at radius 1 is 1.28 bits per heavy atom. The summed E-state index contributed by atoms with van der Waals surface area (Å²) in [6.07, 6.45) is 3.69. The molecule has 1 aliphatic rings. The molecule has 0 atom stereocenters. The van der Waals surface area contributed by atoms with E-state index < -0.39 is 0 Å². The van der Waals surface area contributed by atoms with Gasteiger partial charge in [-0.25, -0.2) is 0 Å². The second kappa shape index (κ2) is 11.2. The molecule has 1 saturated heterocycles. The van der Waals surface area contributed by atoms with Gasteiger partial charge in [-0.3, -0.25) is 0 Å². The SMILES string of the molecule is COCC[As]Cc1cc(C(=O)Nc2nc3c(OC)ccc(C4CCOCC4)c3s2)ccn1. The van der Waals surface area contributed by atoms with Gasteiger partial charge in [0.2, 0.25) is 0 Å². The normalized spacial score (nSPS) is 14.9. The van der Waals surface area contributed by atoms with Crippen molar-refractivity contribution in [1.29, 1.82) is 0 Å². The van der Waals surface area contributed by atoms with Gasteiger partial charge in [-0.15, -0.1) is 0 Å². The molecule has 7 nitrogen and oxygen atoms in total. The minimum absolute atomic E-state index is 0.122. The first-order valence-corrected chi connectivity index (χ1v) is 14.1. The van der Waals surface area contributed by atoms with Gasteiger partial charge < -0.3 is 4.74 Å². The van der Waals surface area contributed by atoms with Gasteiger partial charge in [0.05, 0.1) is 0 Å². The number of ether oxygens (including phenoxy) is 3. The van der Waals surface area contributed by atoms with Crippen LogP contribution in [0.2, 0.25) is 5.21 Å². The summed E-state index contributed by atoms with van der Waals surface area (Å²) < 4.78 is 17.3. The van der Waals surface area contributed by atoms with Crippen LogP contribution in [0.15, 0.2) is 30.5 Å². The number of hydrogen-bond acceptors (Lipinski definition) is 7. The van der Waals surface area contributed by atoms with E-state index in [9.17, 15) is 4.79 Å². The fraction of sp³-hybridized carbons (Fsp3) is 0.435. The van der Waals surface area contributed by atoms with E-state index in [2.05, 4.69) is 16.4 Å². The van der Waals surface area contributed by atoms with Crippen LogP contribution in [0.3, 0.4) is 0 Å². The Labute approximate surface area is 198 Å². The second-order valence-electron chi connectivity index (χ2n) is 7.53. The number of benzene rings is 1. The molecule has 1 radical (unpaired) electrons. The van der Waals surface area contributed by atoms with Crippen molar-refractivity contribution in [1.82, 2.24) is 9.97 Å². The summed E-state index contributed by atoms with van der Waals surface area (Å²) in [5.41, 5.74) is 3.60. The molecule has 0 saturated carbocycles. The fourth-order valence-electron chi connectivity index (χ4n) is 3.78. The van der Waals surface area contributed by atoms with E-state index >= 15 is 0 Å². The molecular weight excluding hydrogens is 489 g/mol. The Hall–Kier alpha value is -1.99. The van der Waals surface area contributed by atoms with Crippen LogP contribution in [0, 0.1) is 0 Å². The van der Waals surface area contributed by atoms with Crippen molar-refractivity contribution in [3.8, 4) is 5.75 Å². The standard InChI is InChI=1S/C23H27AsN3O4S/c1-29-12-8-24-14-17-13-16(5-9-25-17)22(28)27-23-26-20-19(30-2)4-3-18(21(20)32-23)15-6-10-31-11-7-15/h3-5,9,13,15H,6-8,10-12,14H2,1-2H3,(H,26,27,28). The number of aromatic nitrogens is 2. The first kappa shape index (κ1) is 23.2. The zero-order valence-corrected chi connectivity index (χ0v) is 21.0. The number of pyridine rings is 1. The Kier molecular flexibility index (Phi) is 8.14. The summed E-state index contributed by atoms with van der Waals surface area (Å²) in [6.45, 7) is 2.33. The molecule has 0 unspecified atom stereocenters. The number of amides is 1. The van der Waals surface area contributed by atoms with Crippen LogP contribution in [-0.4, -0.2) is 65.7 Å². The van der Waals surface area contributed by atoms with E-state index in [4.69, 9.17) is 19.2 Å². The number of carbonyl (C=O) groups is 1. The number of nitrogens with zero attached hydrogens (tertiary/aromatic N) is 2. The molecule has 9 heteroatoms. The number of thiazole rings is 1. The van der Waals surface area contributed by atoms with Crippen molar-refractivity contribution in [3.05, 3.63) is 47.3 Å². The number of fused-ring (bicyclic) bond motifs is 1. The van der Waals surface area contributed by atoms with E-state index in [1.807, 2.05) is 12.1 Å². The quantitative estimate of drug-likeness (QED) is 0.341. The summed E-state index contributed by atoms with van der Waals surface area (Å²) in [5.74, 6) is 0.982. The summed E-state index contributed by atoms with van der Waals surface area (Å²) in [6, 6.07) is 7.72. The molecule has 1 amide bonds. The van der Waals surface area contributed by atoms with E-state index in [0.717, 1.165) is 64.7 Å². The molecule has 1 aromatic carbocycles. The zero-order chi connectivity index (χ0) is 22.3. The van der Waals surface area contributed by atoms with E-state index in [-0.39, 0.29) is 21.7 Å². The number of carbonyl (C=O) groups excluding carboxylic acids is 1.